The van der Waals surface area contributed by atoms with Gasteiger partial charge in [0, 0.05) is 11.8 Å². The molecule has 1 heterocycles. The first-order valence-corrected chi connectivity index (χ1v) is 9.15. The molecule has 1 aliphatic rings. The van der Waals surface area contributed by atoms with E-state index in [0.29, 0.717) is 27.9 Å². The largest absolute Gasteiger partial charge is 0.416 e. The van der Waals surface area contributed by atoms with E-state index in [-0.39, 0.29) is 12.3 Å². The van der Waals surface area contributed by atoms with Crippen molar-refractivity contribution in [1.29, 1.82) is 0 Å². The Morgan fingerprint density at radius 2 is 1.57 bits per heavy atom. The number of halogens is 5. The summed E-state index contributed by atoms with van der Waals surface area (Å²) >= 11 is 0. The molecule has 0 saturated heterocycles. The number of benzene rings is 3. The molecular weight excluding hydrogens is 401 g/mol. The SMILES string of the molecule is CC1(Cc2cc(F)cc(F)c2)C(=O)Nc2ccc(-c3cccc(C(F)(F)F)c3)cc21. The lowest BCUT2D eigenvalue weighted by atomic mass is 9.77. The Kier molecular flexibility index (Phi) is 4.64. The molecule has 30 heavy (non-hydrogen) atoms. The quantitative estimate of drug-likeness (QED) is 0.513. The van der Waals surface area contributed by atoms with Gasteiger partial charge in [0.1, 0.15) is 11.6 Å². The van der Waals surface area contributed by atoms with Crippen molar-refractivity contribution in [3.05, 3.63) is 89.0 Å². The maximum Gasteiger partial charge on any atom is 0.416 e. The third kappa shape index (κ3) is 3.56. The minimum absolute atomic E-state index is 0.0343. The second kappa shape index (κ2) is 6.93. The van der Waals surface area contributed by atoms with E-state index < -0.39 is 28.8 Å². The van der Waals surface area contributed by atoms with Crippen molar-refractivity contribution in [2.24, 2.45) is 0 Å². The number of carbonyl (C=O) groups is 1. The summed E-state index contributed by atoms with van der Waals surface area (Å²) in [5.74, 6) is -1.83. The zero-order valence-corrected chi connectivity index (χ0v) is 15.8. The van der Waals surface area contributed by atoms with Gasteiger partial charge in [-0.25, -0.2) is 8.78 Å². The average Bonchev–Trinajstić information content (AvgIpc) is 2.90. The highest BCUT2D eigenvalue weighted by Crippen LogP contribution is 2.42. The Morgan fingerprint density at radius 3 is 2.23 bits per heavy atom. The van der Waals surface area contributed by atoms with Crippen LogP contribution in [0.25, 0.3) is 11.1 Å². The molecule has 0 aliphatic carbocycles. The Labute approximate surface area is 169 Å². The highest BCUT2D eigenvalue weighted by atomic mass is 19.4. The molecule has 154 valence electrons. The van der Waals surface area contributed by atoms with E-state index in [2.05, 4.69) is 5.32 Å². The average molecular weight is 417 g/mol. The van der Waals surface area contributed by atoms with E-state index in [1.165, 1.54) is 6.07 Å². The molecule has 1 amide bonds. The standard InChI is InChI=1S/C23H16F5NO/c1-22(12-13-7-17(24)11-18(25)8-13)19-10-15(5-6-20(19)29-21(22)30)14-3-2-4-16(9-14)23(26,27)28/h2-11H,12H2,1H3,(H,29,30). The van der Waals surface area contributed by atoms with Crippen LogP contribution in [0, 0.1) is 11.6 Å². The second-order valence-corrected chi connectivity index (χ2v) is 7.58. The molecule has 3 aromatic rings. The van der Waals surface area contributed by atoms with Crippen LogP contribution in [0.5, 0.6) is 0 Å². The maximum atomic E-state index is 13.6. The van der Waals surface area contributed by atoms with Crippen LogP contribution in [0.3, 0.4) is 0 Å². The van der Waals surface area contributed by atoms with E-state index in [0.717, 1.165) is 30.3 Å². The van der Waals surface area contributed by atoms with Crippen molar-refractivity contribution in [3.63, 3.8) is 0 Å². The van der Waals surface area contributed by atoms with Crippen molar-refractivity contribution in [1.82, 2.24) is 0 Å². The predicted molar refractivity (Wildman–Crippen MR) is 103 cm³/mol. The fraction of sp³-hybridized carbons (Fsp3) is 0.174. The number of fused-ring (bicyclic) bond motifs is 1. The molecule has 0 bridgehead atoms. The van der Waals surface area contributed by atoms with Gasteiger partial charge >= 0.3 is 6.18 Å². The molecule has 1 aliphatic heterocycles. The lowest BCUT2D eigenvalue weighted by Crippen LogP contribution is -2.33. The molecule has 1 N–H and O–H groups in total. The van der Waals surface area contributed by atoms with Crippen molar-refractivity contribution >= 4 is 11.6 Å². The van der Waals surface area contributed by atoms with Crippen LogP contribution < -0.4 is 5.32 Å². The van der Waals surface area contributed by atoms with Crippen LogP contribution in [0.15, 0.2) is 60.7 Å². The van der Waals surface area contributed by atoms with Crippen molar-refractivity contribution in [2.45, 2.75) is 24.9 Å². The molecule has 4 rings (SSSR count). The molecule has 1 unspecified atom stereocenters. The van der Waals surface area contributed by atoms with Gasteiger partial charge in [-0.2, -0.15) is 13.2 Å². The first-order chi connectivity index (χ1) is 14.1. The maximum absolute atomic E-state index is 13.6. The first-order valence-electron chi connectivity index (χ1n) is 9.15. The van der Waals surface area contributed by atoms with E-state index in [1.54, 1.807) is 31.2 Å². The Balaban J connectivity index is 1.76. The van der Waals surface area contributed by atoms with Gasteiger partial charge in [0.15, 0.2) is 0 Å². The molecule has 7 heteroatoms. The van der Waals surface area contributed by atoms with E-state index >= 15 is 0 Å². The Bertz CT molecular complexity index is 1130. The van der Waals surface area contributed by atoms with Gasteiger partial charge in [-0.1, -0.05) is 18.2 Å². The zero-order valence-electron chi connectivity index (χ0n) is 15.8. The summed E-state index contributed by atoms with van der Waals surface area (Å²) in [6.45, 7) is 1.65. The normalized spacial score (nSPS) is 18.3. The summed E-state index contributed by atoms with van der Waals surface area (Å²) in [6.07, 6.45) is -4.44. The molecule has 0 aromatic heterocycles. The second-order valence-electron chi connectivity index (χ2n) is 7.58. The van der Waals surface area contributed by atoms with Crippen LogP contribution in [0.4, 0.5) is 27.6 Å². The molecule has 2 nitrogen and oxygen atoms in total. The summed E-state index contributed by atoms with van der Waals surface area (Å²) in [6, 6.07) is 12.9. The summed E-state index contributed by atoms with van der Waals surface area (Å²) in [4.78, 5) is 12.7. The number of carbonyl (C=O) groups excluding carboxylic acids is 1. The van der Waals surface area contributed by atoms with Crippen molar-refractivity contribution in [2.75, 3.05) is 5.32 Å². The summed E-state index contributed by atoms with van der Waals surface area (Å²) in [7, 11) is 0. The molecular formula is C23H16F5NO. The van der Waals surface area contributed by atoms with Gasteiger partial charge in [0.05, 0.1) is 11.0 Å². The monoisotopic (exact) mass is 417 g/mol. The van der Waals surface area contributed by atoms with Crippen LogP contribution in [-0.4, -0.2) is 5.91 Å². The fourth-order valence-electron chi connectivity index (χ4n) is 3.84. The third-order valence-corrected chi connectivity index (χ3v) is 5.37. The lowest BCUT2D eigenvalue weighted by Gasteiger charge is -2.23. The third-order valence-electron chi connectivity index (χ3n) is 5.37. The van der Waals surface area contributed by atoms with Crippen LogP contribution in [-0.2, 0) is 22.8 Å². The number of rotatable bonds is 3. The lowest BCUT2D eigenvalue weighted by molar-refractivity contribution is -0.137. The number of amides is 1. The number of hydrogen-bond acceptors (Lipinski definition) is 1. The first kappa shape index (κ1) is 20.1. The molecule has 1 atom stereocenters. The molecule has 0 fully saturated rings. The number of anilines is 1. The minimum atomic E-state index is -4.47. The summed E-state index contributed by atoms with van der Waals surface area (Å²) in [5, 5.41) is 2.75. The smallest absolute Gasteiger partial charge is 0.325 e. The van der Waals surface area contributed by atoms with Crippen LogP contribution >= 0.6 is 0 Å². The van der Waals surface area contributed by atoms with Gasteiger partial charge in [-0.15, -0.1) is 0 Å². The van der Waals surface area contributed by atoms with Gasteiger partial charge in [0.25, 0.3) is 0 Å². The molecule has 0 spiro atoms. The van der Waals surface area contributed by atoms with Crippen LogP contribution in [0.2, 0.25) is 0 Å². The number of nitrogens with one attached hydrogen (secondary N) is 1. The Hall–Kier alpha value is -3.22. The van der Waals surface area contributed by atoms with Gasteiger partial charge in [-0.3, -0.25) is 4.79 Å². The highest BCUT2D eigenvalue weighted by molar-refractivity contribution is 6.06. The highest BCUT2D eigenvalue weighted by Gasteiger charge is 2.43. The topological polar surface area (TPSA) is 29.1 Å². The molecule has 0 radical (unpaired) electrons. The minimum Gasteiger partial charge on any atom is -0.325 e. The van der Waals surface area contributed by atoms with Crippen molar-refractivity contribution < 1.29 is 26.7 Å². The van der Waals surface area contributed by atoms with Gasteiger partial charge in [-0.05, 0) is 72.0 Å². The number of alkyl halides is 3. The zero-order chi connectivity index (χ0) is 21.7. The van der Waals surface area contributed by atoms with E-state index in [4.69, 9.17) is 0 Å². The fourth-order valence-corrected chi connectivity index (χ4v) is 3.84. The van der Waals surface area contributed by atoms with E-state index in [9.17, 15) is 26.7 Å². The summed E-state index contributed by atoms with van der Waals surface area (Å²) < 4.78 is 66.4. The summed E-state index contributed by atoms with van der Waals surface area (Å²) in [5.41, 5.74) is 0.351. The van der Waals surface area contributed by atoms with Gasteiger partial charge < -0.3 is 5.32 Å². The molecule has 0 saturated carbocycles. The number of hydrogen-bond donors (Lipinski definition) is 1. The molecule has 3 aromatic carbocycles. The van der Waals surface area contributed by atoms with Crippen LogP contribution in [0.1, 0.15) is 23.6 Å². The predicted octanol–water partition coefficient (Wildman–Crippen LogP) is 6.10. The Morgan fingerprint density at radius 1 is 0.900 bits per heavy atom. The van der Waals surface area contributed by atoms with Gasteiger partial charge in [0.2, 0.25) is 5.91 Å². The van der Waals surface area contributed by atoms with Crippen molar-refractivity contribution in [3.8, 4) is 11.1 Å². The van der Waals surface area contributed by atoms with E-state index in [1.807, 2.05) is 0 Å².